The number of aromatic nitrogens is 2. The lowest BCUT2D eigenvalue weighted by atomic mass is 10.1. The molecular formula is C19H26N4O2S. The van der Waals surface area contributed by atoms with Crippen molar-refractivity contribution in [2.75, 3.05) is 34.8 Å². The van der Waals surface area contributed by atoms with E-state index in [1.807, 2.05) is 38.1 Å². The number of hydrogen-bond acceptors (Lipinski definition) is 6. The lowest BCUT2D eigenvalue weighted by Gasteiger charge is -2.28. The van der Waals surface area contributed by atoms with Gasteiger partial charge in [-0.2, -0.15) is 4.98 Å². The van der Waals surface area contributed by atoms with Crippen molar-refractivity contribution in [3.8, 4) is 0 Å². The second-order valence-electron chi connectivity index (χ2n) is 6.70. The van der Waals surface area contributed by atoms with Crippen LogP contribution in [-0.2, 0) is 16.3 Å². The van der Waals surface area contributed by atoms with E-state index in [4.69, 9.17) is 0 Å². The third-order valence-corrected chi connectivity index (χ3v) is 6.41. The Morgan fingerprint density at radius 2 is 2.00 bits per heavy atom. The molecule has 0 amide bonds. The van der Waals surface area contributed by atoms with Crippen molar-refractivity contribution >= 4 is 21.6 Å². The molecule has 2 aromatic rings. The van der Waals surface area contributed by atoms with Crippen LogP contribution in [0.15, 0.2) is 36.4 Å². The normalized spacial score (nSPS) is 18.6. The third kappa shape index (κ3) is 4.72. The van der Waals surface area contributed by atoms with Crippen molar-refractivity contribution in [2.24, 2.45) is 0 Å². The van der Waals surface area contributed by atoms with Gasteiger partial charge in [0.2, 0.25) is 5.95 Å². The number of nitrogens with one attached hydrogen (secondary N) is 1. The first kappa shape index (κ1) is 18.6. The van der Waals surface area contributed by atoms with Crippen LogP contribution in [0.1, 0.15) is 24.6 Å². The van der Waals surface area contributed by atoms with Gasteiger partial charge in [-0.1, -0.05) is 30.3 Å². The standard InChI is InChI=1S/C19H26N4O2S/c1-3-23(17-10-12-26(24,25)14-17)18-13-15(2)21-19(22-18)20-11-9-16-7-5-4-6-8-16/h4-8,13,17H,3,9-12,14H2,1-2H3,(H,20,21,22). The summed E-state index contributed by atoms with van der Waals surface area (Å²) < 4.78 is 23.7. The van der Waals surface area contributed by atoms with Gasteiger partial charge >= 0.3 is 0 Å². The lowest BCUT2D eigenvalue weighted by Crippen LogP contribution is -2.37. The molecule has 0 aliphatic carbocycles. The van der Waals surface area contributed by atoms with Crippen LogP contribution >= 0.6 is 0 Å². The van der Waals surface area contributed by atoms with Gasteiger partial charge in [-0.25, -0.2) is 13.4 Å². The minimum Gasteiger partial charge on any atom is -0.354 e. The predicted octanol–water partition coefficient (Wildman–Crippen LogP) is 2.45. The molecule has 7 heteroatoms. The van der Waals surface area contributed by atoms with E-state index in [2.05, 4.69) is 32.3 Å². The molecule has 1 aliphatic heterocycles. The fraction of sp³-hybridized carbons (Fsp3) is 0.474. The predicted molar refractivity (Wildman–Crippen MR) is 105 cm³/mol. The summed E-state index contributed by atoms with van der Waals surface area (Å²) in [5.41, 5.74) is 2.13. The molecule has 1 aromatic carbocycles. The van der Waals surface area contributed by atoms with Gasteiger partial charge in [0.05, 0.1) is 11.5 Å². The van der Waals surface area contributed by atoms with Crippen LogP contribution in [-0.4, -0.2) is 49.0 Å². The summed E-state index contributed by atoms with van der Waals surface area (Å²) in [5.74, 6) is 1.86. The van der Waals surface area contributed by atoms with Crippen molar-refractivity contribution in [3.63, 3.8) is 0 Å². The second-order valence-corrected chi connectivity index (χ2v) is 8.93. The summed E-state index contributed by atoms with van der Waals surface area (Å²) in [6.45, 7) is 5.44. The topological polar surface area (TPSA) is 75.2 Å². The van der Waals surface area contributed by atoms with Crippen LogP contribution in [0, 0.1) is 6.92 Å². The van der Waals surface area contributed by atoms with Crippen LogP contribution in [0.5, 0.6) is 0 Å². The highest BCUT2D eigenvalue weighted by molar-refractivity contribution is 7.91. The average Bonchev–Trinajstić information content (AvgIpc) is 2.96. The minimum absolute atomic E-state index is 0.00327. The molecular weight excluding hydrogens is 348 g/mol. The summed E-state index contributed by atoms with van der Waals surface area (Å²) in [7, 11) is -2.92. The zero-order valence-corrected chi connectivity index (χ0v) is 16.2. The number of rotatable bonds is 7. The van der Waals surface area contributed by atoms with Crippen molar-refractivity contribution in [1.82, 2.24) is 9.97 Å². The Morgan fingerprint density at radius 1 is 1.23 bits per heavy atom. The van der Waals surface area contributed by atoms with Gasteiger partial charge in [0.15, 0.2) is 9.84 Å². The first-order chi connectivity index (χ1) is 12.5. The number of nitrogens with zero attached hydrogens (tertiary/aromatic N) is 3. The Kier molecular flexibility index (Phi) is 5.76. The van der Waals surface area contributed by atoms with E-state index in [1.165, 1.54) is 5.56 Å². The van der Waals surface area contributed by atoms with Crippen molar-refractivity contribution in [1.29, 1.82) is 0 Å². The first-order valence-electron chi connectivity index (χ1n) is 9.07. The van der Waals surface area contributed by atoms with Crippen molar-refractivity contribution < 1.29 is 8.42 Å². The zero-order valence-electron chi connectivity index (χ0n) is 15.4. The molecule has 2 heterocycles. The number of anilines is 2. The molecule has 140 valence electrons. The van der Waals surface area contributed by atoms with Gasteiger partial charge in [-0.3, -0.25) is 0 Å². The Labute approximate surface area is 155 Å². The van der Waals surface area contributed by atoms with Gasteiger partial charge in [0, 0.05) is 30.9 Å². The average molecular weight is 375 g/mol. The van der Waals surface area contributed by atoms with Gasteiger partial charge < -0.3 is 10.2 Å². The van der Waals surface area contributed by atoms with Crippen LogP contribution < -0.4 is 10.2 Å². The summed E-state index contributed by atoms with van der Waals surface area (Å²) >= 11 is 0. The Bertz CT molecular complexity index is 840. The molecule has 1 fully saturated rings. The van der Waals surface area contributed by atoms with Gasteiger partial charge in [0.25, 0.3) is 0 Å². The van der Waals surface area contributed by atoms with E-state index in [1.54, 1.807) is 0 Å². The quantitative estimate of drug-likeness (QED) is 0.802. The largest absolute Gasteiger partial charge is 0.354 e. The van der Waals surface area contributed by atoms with E-state index in [0.29, 0.717) is 12.4 Å². The van der Waals surface area contributed by atoms with Gasteiger partial charge in [-0.15, -0.1) is 0 Å². The smallest absolute Gasteiger partial charge is 0.224 e. The van der Waals surface area contributed by atoms with Crippen LogP contribution in [0.2, 0.25) is 0 Å². The summed E-state index contributed by atoms with van der Waals surface area (Å²) in [4.78, 5) is 11.2. The maximum absolute atomic E-state index is 11.8. The Balaban J connectivity index is 1.70. The van der Waals surface area contributed by atoms with Crippen molar-refractivity contribution in [2.45, 2.75) is 32.7 Å². The molecule has 1 atom stereocenters. The fourth-order valence-corrected chi connectivity index (χ4v) is 5.10. The van der Waals surface area contributed by atoms with E-state index in [9.17, 15) is 8.42 Å². The highest BCUT2D eigenvalue weighted by Crippen LogP contribution is 2.24. The summed E-state index contributed by atoms with van der Waals surface area (Å²) in [6, 6.07) is 12.2. The maximum Gasteiger partial charge on any atom is 0.224 e. The molecule has 0 bridgehead atoms. The monoisotopic (exact) mass is 374 g/mol. The molecule has 1 N–H and O–H groups in total. The Hall–Kier alpha value is -2.15. The SMILES string of the molecule is CCN(c1cc(C)nc(NCCc2ccccc2)n1)C1CCS(=O)(=O)C1. The molecule has 1 aromatic heterocycles. The fourth-order valence-electron chi connectivity index (χ4n) is 3.37. The third-order valence-electron chi connectivity index (χ3n) is 4.66. The minimum atomic E-state index is -2.92. The van der Waals surface area contributed by atoms with Gasteiger partial charge in [0.1, 0.15) is 5.82 Å². The second kappa shape index (κ2) is 8.03. The number of aryl methyl sites for hydroxylation is 1. The number of benzene rings is 1. The molecule has 6 nitrogen and oxygen atoms in total. The molecule has 3 rings (SSSR count). The Morgan fingerprint density at radius 3 is 2.65 bits per heavy atom. The lowest BCUT2D eigenvalue weighted by molar-refractivity contribution is 0.599. The van der Waals surface area contributed by atoms with E-state index in [-0.39, 0.29) is 17.5 Å². The highest BCUT2D eigenvalue weighted by atomic mass is 32.2. The van der Waals surface area contributed by atoms with E-state index in [0.717, 1.165) is 31.0 Å². The molecule has 1 unspecified atom stereocenters. The molecule has 0 saturated carbocycles. The molecule has 26 heavy (non-hydrogen) atoms. The van der Waals surface area contributed by atoms with Crippen LogP contribution in [0.25, 0.3) is 0 Å². The number of hydrogen-bond donors (Lipinski definition) is 1. The number of sulfone groups is 1. The first-order valence-corrected chi connectivity index (χ1v) is 10.9. The molecule has 1 saturated heterocycles. The van der Waals surface area contributed by atoms with Crippen LogP contribution in [0.3, 0.4) is 0 Å². The van der Waals surface area contributed by atoms with E-state index < -0.39 is 9.84 Å². The highest BCUT2D eigenvalue weighted by Gasteiger charge is 2.32. The van der Waals surface area contributed by atoms with Gasteiger partial charge in [-0.05, 0) is 32.3 Å². The van der Waals surface area contributed by atoms with Crippen LogP contribution in [0.4, 0.5) is 11.8 Å². The molecule has 1 aliphatic rings. The van der Waals surface area contributed by atoms with Crippen molar-refractivity contribution in [3.05, 3.63) is 47.7 Å². The molecule has 0 spiro atoms. The summed E-state index contributed by atoms with van der Waals surface area (Å²) in [5, 5.41) is 3.29. The molecule has 0 radical (unpaired) electrons. The maximum atomic E-state index is 11.8. The van der Waals surface area contributed by atoms with E-state index >= 15 is 0 Å². The zero-order chi connectivity index (χ0) is 18.6. The summed E-state index contributed by atoms with van der Waals surface area (Å²) in [6.07, 6.45) is 1.56.